The monoisotopic (exact) mass is 368 g/mol. The number of hydrogen-bond acceptors (Lipinski definition) is 6. The first-order valence-corrected chi connectivity index (χ1v) is 8.25. The van der Waals surface area contributed by atoms with E-state index in [1.807, 2.05) is 18.2 Å². The molecule has 0 aromatic heterocycles. The van der Waals surface area contributed by atoms with E-state index in [2.05, 4.69) is 5.32 Å². The van der Waals surface area contributed by atoms with Gasteiger partial charge in [-0.3, -0.25) is 19.3 Å². The zero-order valence-corrected chi connectivity index (χ0v) is 16.2. The zero-order chi connectivity index (χ0) is 17.3. The fourth-order valence-corrected chi connectivity index (χ4v) is 4.02. The largest absolute Gasteiger partial charge is 1.00 e. The quantitative estimate of drug-likeness (QED) is 0.321. The topological polar surface area (TPSA) is 107 Å². The summed E-state index contributed by atoms with van der Waals surface area (Å²) in [4.78, 5) is 47.5. The van der Waals surface area contributed by atoms with Crippen molar-refractivity contribution in [2.24, 2.45) is 0 Å². The van der Waals surface area contributed by atoms with Crippen LogP contribution in [0.2, 0.25) is 0 Å². The van der Waals surface area contributed by atoms with Crippen molar-refractivity contribution in [2.45, 2.75) is 17.8 Å². The van der Waals surface area contributed by atoms with Gasteiger partial charge in [0, 0.05) is 11.3 Å². The van der Waals surface area contributed by atoms with Crippen LogP contribution in [0, 0.1) is 0 Å². The van der Waals surface area contributed by atoms with E-state index in [1.54, 1.807) is 12.1 Å². The van der Waals surface area contributed by atoms with Gasteiger partial charge in [-0.25, -0.2) is 0 Å². The molecule has 1 saturated heterocycles. The molecule has 124 valence electrons. The number of nitrogens with zero attached hydrogens (tertiary/aromatic N) is 1. The number of rotatable bonds is 5. The molecule has 2 atom stereocenters. The Kier molecular flexibility index (Phi) is 6.45. The predicted molar refractivity (Wildman–Crippen MR) is 83.3 cm³/mol. The molecule has 0 saturated carbocycles. The minimum atomic E-state index is -1.56. The van der Waals surface area contributed by atoms with Crippen molar-refractivity contribution in [3.8, 4) is 0 Å². The molecule has 7 nitrogen and oxygen atoms in total. The Labute approximate surface area is 170 Å². The normalized spacial score (nSPS) is 21.6. The van der Waals surface area contributed by atoms with Crippen LogP contribution in [-0.2, 0) is 25.6 Å². The average molecular weight is 368 g/mol. The molecule has 0 radical (unpaired) electrons. The number of aliphatic carboxylic acids is 1. The molecule has 2 aliphatic heterocycles. The van der Waals surface area contributed by atoms with Gasteiger partial charge in [-0.15, -0.1) is 11.8 Å². The molecule has 1 unspecified atom stereocenters. The molecule has 2 heterocycles. The number of carboxylic acid groups (broad SMARTS) is 1. The molecule has 1 fully saturated rings. The molecular weight excluding hydrogens is 355 g/mol. The second-order valence-corrected chi connectivity index (χ2v) is 6.50. The maximum absolute atomic E-state index is 12.2. The third-order valence-electron chi connectivity index (χ3n) is 3.86. The van der Waals surface area contributed by atoms with Crippen molar-refractivity contribution >= 4 is 35.8 Å². The number of hydrogen-bond donors (Lipinski definition) is 1. The van der Waals surface area contributed by atoms with Crippen LogP contribution in [0.15, 0.2) is 41.6 Å². The number of carbonyl (C=O) groups is 4. The zero-order valence-electron chi connectivity index (χ0n) is 13.4. The number of aldehydes is 1. The first-order chi connectivity index (χ1) is 11.5. The van der Waals surface area contributed by atoms with Gasteiger partial charge in [0.1, 0.15) is 17.7 Å². The van der Waals surface area contributed by atoms with E-state index in [1.165, 1.54) is 11.8 Å². The number of carbonyl (C=O) groups excluding carboxylic acids is 4. The molecule has 1 aromatic carbocycles. The molecule has 9 heteroatoms. The second-order valence-electron chi connectivity index (χ2n) is 5.40. The number of benzene rings is 1. The standard InChI is InChI=1S/C16H14N2O5S.Na/c19-7-10-8-24-15-12(14(21)18(15)13(10)16(22)23)17-11(20)6-9-4-2-1-3-5-9;/h1-5,7,12,15H,6,8H2,(H,17,20)(H,22,23);/q;+1/p-1/t12?,15-;/m1./s1. The van der Waals surface area contributed by atoms with E-state index in [4.69, 9.17) is 0 Å². The average Bonchev–Trinajstić information content (AvgIpc) is 2.58. The van der Waals surface area contributed by atoms with Crippen molar-refractivity contribution in [3.63, 3.8) is 0 Å². The number of fused-ring (bicyclic) bond motifs is 1. The minimum absolute atomic E-state index is 0. The van der Waals surface area contributed by atoms with Gasteiger partial charge in [-0.1, -0.05) is 30.3 Å². The van der Waals surface area contributed by atoms with Crippen molar-refractivity contribution in [1.82, 2.24) is 10.2 Å². The van der Waals surface area contributed by atoms with Crippen LogP contribution in [0.4, 0.5) is 0 Å². The summed E-state index contributed by atoms with van der Waals surface area (Å²) in [6.45, 7) is 0. The Balaban J connectivity index is 0.00000225. The van der Waals surface area contributed by atoms with Crippen LogP contribution in [0.25, 0.3) is 0 Å². The summed E-state index contributed by atoms with van der Waals surface area (Å²) in [6.07, 6.45) is 0.549. The maximum Gasteiger partial charge on any atom is 1.00 e. The van der Waals surface area contributed by atoms with E-state index in [0.29, 0.717) is 6.29 Å². The smallest absolute Gasteiger partial charge is 0.543 e. The molecule has 2 amide bonds. The SMILES string of the molecule is O=CC1=C(C(=O)[O-])N2C(=O)C(NC(=O)Cc3ccccc3)[C@H]2SC1.[Na+]. The Bertz CT molecular complexity index is 752. The van der Waals surface area contributed by atoms with Crippen LogP contribution >= 0.6 is 11.8 Å². The van der Waals surface area contributed by atoms with E-state index in [9.17, 15) is 24.3 Å². The molecular formula is C16H13N2NaO5S. The van der Waals surface area contributed by atoms with Gasteiger partial charge >= 0.3 is 29.6 Å². The van der Waals surface area contributed by atoms with E-state index < -0.39 is 29.0 Å². The molecule has 25 heavy (non-hydrogen) atoms. The fourth-order valence-electron chi connectivity index (χ4n) is 2.73. The van der Waals surface area contributed by atoms with Crippen LogP contribution in [-0.4, -0.2) is 46.1 Å². The maximum atomic E-state index is 12.2. The summed E-state index contributed by atoms with van der Waals surface area (Å²) in [5.41, 5.74) is 0.430. The van der Waals surface area contributed by atoms with Crippen LogP contribution < -0.4 is 40.0 Å². The minimum Gasteiger partial charge on any atom is -0.543 e. The Hall–Kier alpha value is -1.61. The summed E-state index contributed by atoms with van der Waals surface area (Å²) < 4.78 is 0. The second kappa shape index (κ2) is 8.18. The summed E-state index contributed by atoms with van der Waals surface area (Å²) in [5, 5.41) is 13.3. The van der Waals surface area contributed by atoms with E-state index in [0.717, 1.165) is 10.5 Å². The van der Waals surface area contributed by atoms with Gasteiger partial charge in [0.05, 0.1) is 18.1 Å². The van der Waals surface area contributed by atoms with Gasteiger partial charge in [-0.05, 0) is 5.56 Å². The molecule has 0 bridgehead atoms. The third-order valence-corrected chi connectivity index (χ3v) is 5.16. The molecule has 0 spiro atoms. The molecule has 0 aliphatic carbocycles. The van der Waals surface area contributed by atoms with Crippen LogP contribution in [0.3, 0.4) is 0 Å². The van der Waals surface area contributed by atoms with Crippen molar-refractivity contribution in [1.29, 1.82) is 0 Å². The molecule has 1 N–H and O–H groups in total. The predicted octanol–water partition coefficient (Wildman–Crippen LogP) is -4.16. The number of carboxylic acids is 1. The van der Waals surface area contributed by atoms with Gasteiger partial charge in [-0.2, -0.15) is 0 Å². The van der Waals surface area contributed by atoms with Gasteiger partial charge in [0.25, 0.3) is 5.91 Å². The number of β-lactam (4-membered cyclic amide) rings is 1. The number of nitrogens with one attached hydrogen (secondary N) is 1. The summed E-state index contributed by atoms with van der Waals surface area (Å²) >= 11 is 1.24. The molecule has 1 aromatic rings. The number of amides is 2. The first kappa shape index (κ1) is 19.7. The Morgan fingerprint density at radius 1 is 1.32 bits per heavy atom. The van der Waals surface area contributed by atoms with E-state index in [-0.39, 0.29) is 53.2 Å². The summed E-state index contributed by atoms with van der Waals surface area (Å²) in [5.74, 6) is -2.27. The van der Waals surface area contributed by atoms with Crippen molar-refractivity contribution < 1.29 is 53.8 Å². The van der Waals surface area contributed by atoms with E-state index >= 15 is 0 Å². The third kappa shape index (κ3) is 3.82. The van der Waals surface area contributed by atoms with Gasteiger partial charge in [0.15, 0.2) is 0 Å². The Morgan fingerprint density at radius 3 is 2.60 bits per heavy atom. The van der Waals surface area contributed by atoms with Crippen LogP contribution in [0.1, 0.15) is 5.56 Å². The van der Waals surface area contributed by atoms with Crippen molar-refractivity contribution in [2.75, 3.05) is 5.75 Å². The Morgan fingerprint density at radius 2 is 2.00 bits per heavy atom. The van der Waals surface area contributed by atoms with Gasteiger partial charge < -0.3 is 15.2 Å². The molecule has 3 rings (SSSR count). The summed E-state index contributed by atoms with van der Waals surface area (Å²) in [6, 6.07) is 8.27. The van der Waals surface area contributed by atoms with Crippen molar-refractivity contribution in [3.05, 3.63) is 47.2 Å². The molecule has 2 aliphatic rings. The van der Waals surface area contributed by atoms with Gasteiger partial charge in [0.2, 0.25) is 5.91 Å². The summed E-state index contributed by atoms with van der Waals surface area (Å²) in [7, 11) is 0. The fraction of sp³-hybridized carbons (Fsp3) is 0.250. The first-order valence-electron chi connectivity index (χ1n) is 7.20. The van der Waals surface area contributed by atoms with Crippen LogP contribution in [0.5, 0.6) is 0 Å². The number of thioether (sulfide) groups is 1.